The maximum absolute atomic E-state index is 8.81. The third-order valence-corrected chi connectivity index (χ3v) is 6.92. The molecule has 1 N–H and O–H groups in total. The molecule has 3 heteroatoms. The van der Waals surface area contributed by atoms with Gasteiger partial charge < -0.3 is 15.0 Å². The van der Waals surface area contributed by atoms with Crippen molar-refractivity contribution in [1.82, 2.24) is 10.2 Å². The fourth-order valence-electron chi connectivity index (χ4n) is 4.60. The van der Waals surface area contributed by atoms with E-state index < -0.39 is 0 Å². The summed E-state index contributed by atoms with van der Waals surface area (Å²) in [5.74, 6) is 1.56. The third-order valence-electron chi connectivity index (χ3n) is 6.92. The average molecular weight is 517 g/mol. The molecule has 216 valence electrons. The van der Waals surface area contributed by atoms with Crippen molar-refractivity contribution >= 4 is 6.29 Å². The lowest BCUT2D eigenvalue weighted by Crippen LogP contribution is -2.51. The van der Waals surface area contributed by atoms with E-state index in [1.54, 1.807) is 0 Å². The van der Waals surface area contributed by atoms with E-state index >= 15 is 0 Å². The van der Waals surface area contributed by atoms with Crippen LogP contribution in [0.4, 0.5) is 0 Å². The molecule has 0 aliphatic carbocycles. The minimum atomic E-state index is 0.241. The average Bonchev–Trinajstić information content (AvgIpc) is 2.88. The third kappa shape index (κ3) is 21.1. The van der Waals surface area contributed by atoms with Crippen molar-refractivity contribution in [3.8, 4) is 0 Å². The highest BCUT2D eigenvalue weighted by Gasteiger charge is 2.29. The lowest BCUT2D eigenvalue weighted by atomic mass is 9.86. The summed E-state index contributed by atoms with van der Waals surface area (Å²) >= 11 is 0. The van der Waals surface area contributed by atoms with Crippen molar-refractivity contribution in [2.24, 2.45) is 5.92 Å². The molecule has 1 aromatic carbocycles. The monoisotopic (exact) mass is 517 g/mol. The molecule has 0 heterocycles. The Kier molecular flexibility index (Phi) is 25.1. The van der Waals surface area contributed by atoms with Crippen molar-refractivity contribution in [2.75, 3.05) is 20.1 Å². The Labute approximate surface area is 232 Å². The van der Waals surface area contributed by atoms with Crippen LogP contribution in [0.5, 0.6) is 0 Å². The number of nitrogens with zero attached hydrogens (tertiary/aromatic N) is 1. The molecule has 0 saturated heterocycles. The molecular weight excluding hydrogens is 452 g/mol. The SMILES string of the molecule is CC(C)c1ccccc1.CC=O.CCCCC(CCCC)(CN(C)CCC(CC)CCC)NC=C(C)C. The molecule has 0 aliphatic heterocycles. The van der Waals surface area contributed by atoms with Gasteiger partial charge in [-0.05, 0) is 77.2 Å². The summed E-state index contributed by atoms with van der Waals surface area (Å²) < 4.78 is 0. The van der Waals surface area contributed by atoms with Gasteiger partial charge in [0.1, 0.15) is 6.29 Å². The van der Waals surface area contributed by atoms with E-state index in [1.165, 1.54) is 95.4 Å². The Balaban J connectivity index is 0. The van der Waals surface area contributed by atoms with Crippen molar-refractivity contribution in [2.45, 2.75) is 138 Å². The van der Waals surface area contributed by atoms with Crippen LogP contribution in [0.3, 0.4) is 0 Å². The molecule has 1 aromatic rings. The second-order valence-electron chi connectivity index (χ2n) is 11.2. The van der Waals surface area contributed by atoms with Gasteiger partial charge in [-0.25, -0.2) is 0 Å². The fraction of sp³-hybridized carbons (Fsp3) is 0.735. The zero-order chi connectivity index (χ0) is 28.5. The Hall–Kier alpha value is -1.61. The van der Waals surface area contributed by atoms with Crippen molar-refractivity contribution in [1.29, 1.82) is 0 Å². The number of rotatable bonds is 17. The molecule has 1 rings (SSSR count). The zero-order valence-electron chi connectivity index (χ0n) is 26.5. The van der Waals surface area contributed by atoms with E-state index in [0.717, 1.165) is 12.2 Å². The Morgan fingerprint density at radius 2 is 1.49 bits per heavy atom. The van der Waals surface area contributed by atoms with Crippen LogP contribution in [0, 0.1) is 5.92 Å². The number of allylic oxidation sites excluding steroid dienone is 1. The van der Waals surface area contributed by atoms with Crippen molar-refractivity contribution in [3.05, 3.63) is 47.7 Å². The van der Waals surface area contributed by atoms with Gasteiger partial charge in [0, 0.05) is 12.1 Å². The first-order valence-electron chi connectivity index (χ1n) is 15.2. The van der Waals surface area contributed by atoms with Crippen LogP contribution in [0.25, 0.3) is 0 Å². The van der Waals surface area contributed by atoms with Crippen LogP contribution >= 0.6 is 0 Å². The summed E-state index contributed by atoms with van der Waals surface area (Å²) in [4.78, 5) is 11.4. The normalized spacial score (nSPS) is 11.7. The first-order valence-corrected chi connectivity index (χ1v) is 15.2. The van der Waals surface area contributed by atoms with Crippen LogP contribution in [0.2, 0.25) is 0 Å². The number of unbranched alkanes of at least 4 members (excludes halogenated alkanes) is 2. The van der Waals surface area contributed by atoms with E-state index in [9.17, 15) is 0 Å². The number of hydrogen-bond donors (Lipinski definition) is 1. The minimum Gasteiger partial charge on any atom is -0.384 e. The van der Waals surface area contributed by atoms with Gasteiger partial charge in [-0.15, -0.1) is 0 Å². The molecule has 37 heavy (non-hydrogen) atoms. The summed E-state index contributed by atoms with van der Waals surface area (Å²) in [5, 5.41) is 3.86. The molecule has 0 aliphatic rings. The highest BCUT2D eigenvalue weighted by atomic mass is 16.1. The fourth-order valence-corrected chi connectivity index (χ4v) is 4.60. The second-order valence-corrected chi connectivity index (χ2v) is 11.2. The molecule has 1 atom stereocenters. The van der Waals surface area contributed by atoms with Gasteiger partial charge in [0.05, 0.1) is 0 Å². The van der Waals surface area contributed by atoms with Crippen LogP contribution in [-0.4, -0.2) is 36.9 Å². The van der Waals surface area contributed by atoms with E-state index in [2.05, 4.69) is 103 Å². The van der Waals surface area contributed by atoms with Gasteiger partial charge >= 0.3 is 0 Å². The molecule has 0 fully saturated rings. The van der Waals surface area contributed by atoms with Gasteiger partial charge in [-0.2, -0.15) is 0 Å². The van der Waals surface area contributed by atoms with Crippen molar-refractivity contribution < 1.29 is 4.79 Å². The summed E-state index contributed by atoms with van der Waals surface area (Å²) in [6, 6.07) is 10.5. The zero-order valence-corrected chi connectivity index (χ0v) is 26.5. The van der Waals surface area contributed by atoms with Crippen LogP contribution < -0.4 is 5.32 Å². The molecule has 0 bridgehead atoms. The highest BCUT2D eigenvalue weighted by molar-refractivity contribution is 5.44. The first-order chi connectivity index (χ1) is 17.6. The molecule has 0 spiro atoms. The van der Waals surface area contributed by atoms with Gasteiger partial charge in [0.15, 0.2) is 0 Å². The minimum absolute atomic E-state index is 0.241. The van der Waals surface area contributed by atoms with Crippen LogP contribution in [-0.2, 0) is 4.79 Å². The quantitative estimate of drug-likeness (QED) is 0.209. The summed E-state index contributed by atoms with van der Waals surface area (Å²) in [7, 11) is 2.33. The first kappa shape index (κ1) is 37.5. The molecule has 1 unspecified atom stereocenters. The molecule has 0 amide bonds. The molecular formula is C34H64N2O. The predicted octanol–water partition coefficient (Wildman–Crippen LogP) is 9.78. The number of carbonyl (C=O) groups excluding carboxylic acids is 1. The number of benzene rings is 1. The maximum atomic E-state index is 8.81. The topological polar surface area (TPSA) is 32.3 Å². The Morgan fingerprint density at radius 1 is 0.946 bits per heavy atom. The van der Waals surface area contributed by atoms with E-state index in [-0.39, 0.29) is 5.54 Å². The van der Waals surface area contributed by atoms with E-state index in [1.807, 2.05) is 6.07 Å². The number of hydrogen-bond acceptors (Lipinski definition) is 3. The molecule has 3 nitrogen and oxygen atoms in total. The van der Waals surface area contributed by atoms with E-state index in [0.29, 0.717) is 5.92 Å². The van der Waals surface area contributed by atoms with Crippen LogP contribution in [0.1, 0.15) is 138 Å². The smallest absolute Gasteiger partial charge is 0.116 e. The number of nitrogens with one attached hydrogen (secondary N) is 1. The highest BCUT2D eigenvalue weighted by Crippen LogP contribution is 2.24. The number of carbonyl (C=O) groups is 1. The van der Waals surface area contributed by atoms with Gasteiger partial charge in [-0.1, -0.05) is 122 Å². The maximum Gasteiger partial charge on any atom is 0.116 e. The molecule has 0 aromatic heterocycles. The standard InChI is InChI=1S/C23H48N2.C9H12.C2H4O/c1-8-12-16-23(17-13-9-2,24-19-21(5)6)20-25(7)18-15-22(11-4)14-10-3;1-8(2)9-6-4-3-5-7-9;1-2-3/h19,22,24H,8-18,20H2,1-7H3;3-8H,1-2H3;2H,1H3. The number of aldehydes is 1. The predicted molar refractivity (Wildman–Crippen MR) is 167 cm³/mol. The van der Waals surface area contributed by atoms with Gasteiger partial charge in [0.25, 0.3) is 0 Å². The van der Waals surface area contributed by atoms with E-state index in [4.69, 9.17) is 4.79 Å². The second kappa shape index (κ2) is 24.7. The summed E-state index contributed by atoms with van der Waals surface area (Å²) in [6.45, 7) is 21.9. The van der Waals surface area contributed by atoms with Crippen LogP contribution in [0.15, 0.2) is 42.1 Å². The number of likely N-dealkylation sites (N-methyl/N-ethyl adjacent to an activating group) is 1. The summed E-state index contributed by atoms with van der Waals surface area (Å²) in [6.07, 6.45) is 16.1. The molecule has 0 radical (unpaired) electrons. The Morgan fingerprint density at radius 3 is 1.86 bits per heavy atom. The van der Waals surface area contributed by atoms with Gasteiger partial charge in [0.2, 0.25) is 0 Å². The van der Waals surface area contributed by atoms with Crippen molar-refractivity contribution in [3.63, 3.8) is 0 Å². The largest absolute Gasteiger partial charge is 0.384 e. The lowest BCUT2D eigenvalue weighted by Gasteiger charge is -2.39. The van der Waals surface area contributed by atoms with Gasteiger partial charge in [-0.3, -0.25) is 0 Å². The molecule has 0 saturated carbocycles. The summed E-state index contributed by atoms with van der Waals surface area (Å²) in [5.41, 5.74) is 3.02. The Bertz CT molecular complexity index is 641. The lowest BCUT2D eigenvalue weighted by molar-refractivity contribution is -0.106.